The number of nitrogens with zero attached hydrogens (tertiary/aromatic N) is 1. The van der Waals surface area contributed by atoms with Gasteiger partial charge in [-0.25, -0.2) is 0 Å². The number of carbonyl (C=O) groups excluding carboxylic acids is 3. The predicted octanol–water partition coefficient (Wildman–Crippen LogP) is 2.72. The predicted molar refractivity (Wildman–Crippen MR) is 111 cm³/mol. The second-order valence-electron chi connectivity index (χ2n) is 6.62. The molecule has 0 radical (unpaired) electrons. The largest absolute Gasteiger partial charge is 0.491 e. The molecule has 0 aromatic heterocycles. The van der Waals surface area contributed by atoms with Crippen LogP contribution in [0, 0.1) is 0 Å². The molecule has 1 fully saturated rings. The van der Waals surface area contributed by atoms with E-state index in [1.54, 1.807) is 35.2 Å². The SMILES string of the molecule is NC(=O)CCOc1ccccc1NC(=O)C=Cc1ccc(N2CCCC2=O)cc1. The van der Waals surface area contributed by atoms with E-state index in [9.17, 15) is 14.4 Å². The first-order valence-electron chi connectivity index (χ1n) is 9.42. The maximum absolute atomic E-state index is 12.3. The highest BCUT2D eigenvalue weighted by molar-refractivity contribution is 6.02. The molecule has 1 aliphatic heterocycles. The third-order valence-electron chi connectivity index (χ3n) is 4.46. The second-order valence-corrected chi connectivity index (χ2v) is 6.62. The highest BCUT2D eigenvalue weighted by Gasteiger charge is 2.21. The number of nitrogens with one attached hydrogen (secondary N) is 1. The summed E-state index contributed by atoms with van der Waals surface area (Å²) in [6, 6.07) is 14.5. The van der Waals surface area contributed by atoms with Gasteiger partial charge in [0.25, 0.3) is 0 Å². The van der Waals surface area contributed by atoms with Gasteiger partial charge in [0.1, 0.15) is 5.75 Å². The number of primary amides is 1. The zero-order valence-electron chi connectivity index (χ0n) is 16.0. The molecule has 1 heterocycles. The summed E-state index contributed by atoms with van der Waals surface area (Å²) < 4.78 is 5.51. The lowest BCUT2D eigenvalue weighted by Gasteiger charge is -2.15. The average molecular weight is 393 g/mol. The quantitative estimate of drug-likeness (QED) is 0.673. The molecule has 7 nitrogen and oxygen atoms in total. The third kappa shape index (κ3) is 5.68. The van der Waals surface area contributed by atoms with Gasteiger partial charge < -0.3 is 20.7 Å². The Hall–Kier alpha value is -3.61. The molecule has 3 rings (SSSR count). The van der Waals surface area contributed by atoms with Crippen LogP contribution in [0.25, 0.3) is 6.08 Å². The van der Waals surface area contributed by atoms with Gasteiger partial charge in [0, 0.05) is 24.7 Å². The van der Waals surface area contributed by atoms with Gasteiger partial charge in [0.05, 0.1) is 18.7 Å². The molecule has 0 saturated carbocycles. The summed E-state index contributed by atoms with van der Waals surface area (Å²) in [4.78, 5) is 36.7. The van der Waals surface area contributed by atoms with Crippen LogP contribution in [0.1, 0.15) is 24.8 Å². The second kappa shape index (κ2) is 9.54. The van der Waals surface area contributed by atoms with Gasteiger partial charge in [-0.2, -0.15) is 0 Å². The van der Waals surface area contributed by atoms with Crippen molar-refractivity contribution in [2.24, 2.45) is 5.73 Å². The monoisotopic (exact) mass is 393 g/mol. The fraction of sp³-hybridized carbons (Fsp3) is 0.227. The van der Waals surface area contributed by atoms with Crippen molar-refractivity contribution in [2.75, 3.05) is 23.4 Å². The first-order chi connectivity index (χ1) is 14.0. The number of ether oxygens (including phenoxy) is 1. The zero-order valence-corrected chi connectivity index (χ0v) is 16.0. The first-order valence-corrected chi connectivity index (χ1v) is 9.42. The Morgan fingerprint density at radius 3 is 2.59 bits per heavy atom. The highest BCUT2D eigenvalue weighted by atomic mass is 16.5. The minimum atomic E-state index is -0.449. The van der Waals surface area contributed by atoms with Gasteiger partial charge in [0.2, 0.25) is 17.7 Å². The van der Waals surface area contributed by atoms with E-state index in [4.69, 9.17) is 10.5 Å². The van der Waals surface area contributed by atoms with E-state index in [-0.39, 0.29) is 24.8 Å². The van der Waals surface area contributed by atoms with Crippen LogP contribution in [0.2, 0.25) is 0 Å². The Kier molecular flexibility index (Phi) is 6.63. The van der Waals surface area contributed by atoms with Crippen molar-refractivity contribution in [2.45, 2.75) is 19.3 Å². The molecule has 0 unspecified atom stereocenters. The molecule has 3 amide bonds. The van der Waals surface area contributed by atoms with Crippen LogP contribution < -0.4 is 20.7 Å². The number of carbonyl (C=O) groups is 3. The molecule has 1 saturated heterocycles. The number of nitrogens with two attached hydrogens (primary N) is 1. The Morgan fingerprint density at radius 1 is 1.14 bits per heavy atom. The fourth-order valence-electron chi connectivity index (χ4n) is 2.99. The molecule has 3 N–H and O–H groups in total. The molecule has 150 valence electrons. The number of hydrogen-bond donors (Lipinski definition) is 2. The lowest BCUT2D eigenvalue weighted by atomic mass is 10.2. The Morgan fingerprint density at radius 2 is 1.90 bits per heavy atom. The van der Waals surface area contributed by atoms with Crippen LogP contribution in [0.5, 0.6) is 5.75 Å². The molecule has 0 aliphatic carbocycles. The number of hydrogen-bond acceptors (Lipinski definition) is 4. The summed E-state index contributed by atoms with van der Waals surface area (Å²) >= 11 is 0. The summed E-state index contributed by atoms with van der Waals surface area (Å²) in [7, 11) is 0. The Labute approximate surface area is 169 Å². The van der Waals surface area contributed by atoms with Gasteiger partial charge >= 0.3 is 0 Å². The van der Waals surface area contributed by atoms with E-state index in [1.165, 1.54) is 6.08 Å². The molecule has 7 heteroatoms. The summed E-state index contributed by atoms with van der Waals surface area (Å²) in [6.07, 6.45) is 4.70. The molecule has 0 atom stereocenters. The van der Waals surface area contributed by atoms with Gasteiger partial charge in [-0.15, -0.1) is 0 Å². The lowest BCUT2D eigenvalue weighted by molar-refractivity contribution is -0.118. The average Bonchev–Trinajstić information content (AvgIpc) is 3.14. The summed E-state index contributed by atoms with van der Waals surface area (Å²) in [6.45, 7) is 0.890. The van der Waals surface area contributed by atoms with Gasteiger partial charge in [-0.1, -0.05) is 24.3 Å². The Balaban J connectivity index is 1.58. The lowest BCUT2D eigenvalue weighted by Crippen LogP contribution is -2.23. The number of para-hydroxylation sites is 2. The first kappa shape index (κ1) is 20.1. The van der Waals surface area contributed by atoms with Crippen LogP contribution in [0.3, 0.4) is 0 Å². The van der Waals surface area contributed by atoms with Crippen LogP contribution in [-0.4, -0.2) is 30.9 Å². The normalized spacial score (nSPS) is 13.7. The van der Waals surface area contributed by atoms with E-state index in [0.717, 1.165) is 24.2 Å². The molecule has 0 spiro atoms. The van der Waals surface area contributed by atoms with E-state index >= 15 is 0 Å². The minimum absolute atomic E-state index is 0.0984. The van der Waals surface area contributed by atoms with Crippen molar-refractivity contribution >= 4 is 35.2 Å². The molecule has 1 aliphatic rings. The van der Waals surface area contributed by atoms with E-state index in [1.807, 2.05) is 24.3 Å². The van der Waals surface area contributed by atoms with Crippen LogP contribution in [0.15, 0.2) is 54.6 Å². The van der Waals surface area contributed by atoms with Crippen molar-refractivity contribution in [3.8, 4) is 5.75 Å². The van der Waals surface area contributed by atoms with E-state index in [2.05, 4.69) is 5.32 Å². The topological polar surface area (TPSA) is 102 Å². The van der Waals surface area contributed by atoms with Crippen molar-refractivity contribution < 1.29 is 19.1 Å². The molecule has 29 heavy (non-hydrogen) atoms. The van der Waals surface area contributed by atoms with Crippen molar-refractivity contribution in [3.05, 3.63) is 60.2 Å². The molecular weight excluding hydrogens is 370 g/mol. The Bertz CT molecular complexity index is 922. The van der Waals surface area contributed by atoms with Crippen LogP contribution >= 0.6 is 0 Å². The van der Waals surface area contributed by atoms with E-state index < -0.39 is 5.91 Å². The van der Waals surface area contributed by atoms with Crippen molar-refractivity contribution in [3.63, 3.8) is 0 Å². The number of amides is 3. The minimum Gasteiger partial charge on any atom is -0.491 e. The van der Waals surface area contributed by atoms with Gasteiger partial charge in [0.15, 0.2) is 0 Å². The maximum atomic E-state index is 12.3. The maximum Gasteiger partial charge on any atom is 0.248 e. The standard InChI is InChI=1S/C22H23N3O4/c23-20(26)13-15-29-19-5-2-1-4-18(19)24-21(27)12-9-16-7-10-17(11-8-16)25-14-3-6-22(25)28/h1-2,4-5,7-12H,3,6,13-15H2,(H2,23,26)(H,24,27). The molecule has 0 bridgehead atoms. The number of benzene rings is 2. The summed E-state index contributed by atoms with van der Waals surface area (Å²) in [5.41, 5.74) is 7.33. The summed E-state index contributed by atoms with van der Waals surface area (Å²) in [5, 5.41) is 2.76. The smallest absolute Gasteiger partial charge is 0.248 e. The highest BCUT2D eigenvalue weighted by Crippen LogP contribution is 2.24. The van der Waals surface area contributed by atoms with Gasteiger partial charge in [-0.05, 0) is 42.3 Å². The van der Waals surface area contributed by atoms with E-state index in [0.29, 0.717) is 17.9 Å². The molecule has 2 aromatic rings. The molecule has 2 aromatic carbocycles. The summed E-state index contributed by atoms with van der Waals surface area (Å²) in [5.74, 6) is -0.149. The van der Waals surface area contributed by atoms with Crippen LogP contribution in [-0.2, 0) is 14.4 Å². The van der Waals surface area contributed by atoms with Crippen molar-refractivity contribution in [1.82, 2.24) is 0 Å². The number of rotatable bonds is 8. The fourth-order valence-corrected chi connectivity index (χ4v) is 2.99. The number of anilines is 2. The third-order valence-corrected chi connectivity index (χ3v) is 4.46. The van der Waals surface area contributed by atoms with Gasteiger partial charge in [-0.3, -0.25) is 14.4 Å². The van der Waals surface area contributed by atoms with Crippen molar-refractivity contribution in [1.29, 1.82) is 0 Å². The van der Waals surface area contributed by atoms with Crippen LogP contribution in [0.4, 0.5) is 11.4 Å². The molecular formula is C22H23N3O4. The zero-order chi connectivity index (χ0) is 20.6.